The SMILES string of the molecule is C.C.CC(C)(C)OC(=O)C[C@@H]1CC[B-]2(CCC(=O)O2)O1.CC(C)(C)OC(=O)C[C@@H]1CC[B-]2(CCCO2)O1.CC(C)(C)OC(=O)C[C@@H]1CC[B-]2(OC(=O)C(=O)O2)O1.CC(C)(C)OC(=O)C[C@@H]1CC[B-]2(OCC(=O)O2)O1. The second-order valence-electron chi connectivity index (χ2n) is 23.8. The van der Waals surface area contributed by atoms with Crippen molar-refractivity contribution in [2.45, 2.75) is 247 Å². The first-order chi connectivity index (χ1) is 33.1. The Kier molecular flexibility index (Phi) is 21.9. The number of carbonyl (C=O) groups is 8. The van der Waals surface area contributed by atoms with Gasteiger partial charge in [-0.25, -0.2) is 9.59 Å². The molecule has 74 heavy (non-hydrogen) atoms. The Morgan fingerprint density at radius 2 is 0.824 bits per heavy atom. The molecule has 8 aliphatic heterocycles. The molecule has 0 aromatic heterocycles. The van der Waals surface area contributed by atoms with Gasteiger partial charge in [0.15, 0.2) is 0 Å². The minimum Gasteiger partial charge on any atom is -0.666 e. The summed E-state index contributed by atoms with van der Waals surface area (Å²) >= 11 is 0. The Bertz CT molecular complexity index is 1920. The van der Waals surface area contributed by atoms with Crippen LogP contribution in [-0.4, -0.2) is 134 Å². The number of carbonyl (C=O) groups excluding carboxylic acids is 8. The molecule has 0 aliphatic carbocycles. The minimum atomic E-state index is -2.34. The average Bonchev–Trinajstić information content (AvgIpc) is 4.09. The summed E-state index contributed by atoms with van der Waals surface area (Å²) in [5, 5.41) is 0. The lowest BCUT2D eigenvalue weighted by Crippen LogP contribution is -2.38. The molecule has 0 radical (unpaired) electrons. The lowest BCUT2D eigenvalue weighted by atomic mass is 9.54. The fourth-order valence-electron chi connectivity index (χ4n) is 9.77. The van der Waals surface area contributed by atoms with Gasteiger partial charge in [0.25, 0.3) is 18.5 Å². The van der Waals surface area contributed by atoms with Crippen LogP contribution in [-0.2, 0) is 104 Å². The highest BCUT2D eigenvalue weighted by molar-refractivity contribution is 6.72. The van der Waals surface area contributed by atoms with Gasteiger partial charge in [-0.15, -0.1) is 25.3 Å². The van der Waals surface area contributed by atoms with Gasteiger partial charge in [-0.3, -0.25) is 28.8 Å². The van der Waals surface area contributed by atoms with E-state index < -0.39 is 79.0 Å². The average molecular weight is 1060 g/mol. The van der Waals surface area contributed by atoms with Gasteiger partial charge < -0.3 is 65.5 Å². The van der Waals surface area contributed by atoms with Crippen LogP contribution in [0.15, 0.2) is 0 Å². The predicted molar refractivity (Wildman–Crippen MR) is 271 cm³/mol. The van der Waals surface area contributed by atoms with Crippen LogP contribution < -0.4 is 0 Å². The van der Waals surface area contributed by atoms with E-state index in [0.717, 1.165) is 44.8 Å². The molecule has 8 fully saturated rings. The highest BCUT2D eigenvalue weighted by atomic mass is 16.8. The zero-order valence-corrected chi connectivity index (χ0v) is 44.3. The van der Waals surface area contributed by atoms with E-state index in [4.69, 9.17) is 65.5 Å². The molecule has 8 rings (SSSR count). The number of ether oxygens (including phenoxy) is 4. The maximum Gasteiger partial charge on any atom is 0.496 e. The van der Waals surface area contributed by atoms with Crippen molar-refractivity contribution in [1.82, 2.24) is 0 Å². The minimum absolute atomic E-state index is 0. The van der Waals surface area contributed by atoms with Crippen LogP contribution >= 0.6 is 0 Å². The highest BCUT2D eigenvalue weighted by Crippen LogP contribution is 2.40. The van der Waals surface area contributed by atoms with Gasteiger partial charge in [0.05, 0.1) is 25.7 Å². The van der Waals surface area contributed by atoms with E-state index in [1.807, 2.05) is 62.3 Å². The zero-order chi connectivity index (χ0) is 53.6. The normalized spacial score (nSPS) is 29.6. The van der Waals surface area contributed by atoms with Crippen molar-refractivity contribution >= 4 is 74.4 Å². The van der Waals surface area contributed by atoms with Crippen molar-refractivity contribution in [1.29, 1.82) is 0 Å². The Morgan fingerprint density at radius 1 is 0.446 bits per heavy atom. The summed E-state index contributed by atoms with van der Waals surface area (Å²) in [5.74, 6) is -3.83. The van der Waals surface area contributed by atoms with Gasteiger partial charge in [0.2, 0.25) is 6.55 Å². The predicted octanol–water partition coefficient (Wildman–Crippen LogP) is 7.10. The first-order valence-corrected chi connectivity index (χ1v) is 25.5. The maximum absolute atomic E-state index is 11.7. The lowest BCUT2D eigenvalue weighted by Gasteiger charge is -2.31. The molecule has 3 unspecified atom stereocenters. The molecule has 0 aromatic rings. The second kappa shape index (κ2) is 25.3. The first-order valence-electron chi connectivity index (χ1n) is 25.5. The van der Waals surface area contributed by atoms with E-state index in [1.165, 1.54) is 0 Å². The Labute approximate surface area is 437 Å². The van der Waals surface area contributed by atoms with Gasteiger partial charge in [0, 0.05) is 30.8 Å². The number of esters is 4. The molecular weight excluding hydrogens is 972 g/mol. The van der Waals surface area contributed by atoms with Crippen LogP contribution in [0.3, 0.4) is 0 Å². The van der Waals surface area contributed by atoms with Crippen LogP contribution in [0.4, 0.5) is 0 Å². The molecule has 0 N–H and O–H groups in total. The van der Waals surface area contributed by atoms with E-state index in [0.29, 0.717) is 38.3 Å². The number of hydrogen-bond donors (Lipinski definition) is 0. The fraction of sp³-hybridized carbons (Fsp3) is 0.833. The van der Waals surface area contributed by atoms with Crippen LogP contribution in [0.1, 0.15) is 162 Å². The van der Waals surface area contributed by atoms with Gasteiger partial charge >= 0.3 is 49.3 Å². The number of rotatable bonds is 8. The molecule has 8 heterocycles. The fourth-order valence-corrected chi connectivity index (χ4v) is 9.77. The molecule has 0 aromatic carbocycles. The molecule has 22 nitrogen and oxygen atoms in total. The van der Waals surface area contributed by atoms with Crippen LogP contribution in [0, 0.1) is 0 Å². The summed E-state index contributed by atoms with van der Waals surface area (Å²) in [6.45, 7) is 15.9. The maximum atomic E-state index is 11.7. The van der Waals surface area contributed by atoms with Crippen molar-refractivity contribution in [2.24, 2.45) is 0 Å². The summed E-state index contributed by atoms with van der Waals surface area (Å²) in [6, 6.07) is 0. The smallest absolute Gasteiger partial charge is 0.496 e. The molecule has 7 atom stereocenters. The van der Waals surface area contributed by atoms with Crippen molar-refractivity contribution in [3.05, 3.63) is 0 Å². The molecular formula is C48H84B4O22-4. The van der Waals surface area contributed by atoms with E-state index in [-0.39, 0.29) is 89.2 Å². The quantitative estimate of drug-likeness (QED) is 0.101. The van der Waals surface area contributed by atoms with Gasteiger partial charge in [-0.05, 0) is 89.7 Å². The number of hydrogen-bond acceptors (Lipinski definition) is 22. The van der Waals surface area contributed by atoms with E-state index in [2.05, 4.69) is 0 Å². The van der Waals surface area contributed by atoms with E-state index >= 15 is 0 Å². The van der Waals surface area contributed by atoms with Crippen LogP contribution in [0.25, 0.3) is 0 Å². The molecule has 4 spiro atoms. The van der Waals surface area contributed by atoms with Crippen molar-refractivity contribution in [3.8, 4) is 0 Å². The zero-order valence-electron chi connectivity index (χ0n) is 44.3. The van der Waals surface area contributed by atoms with E-state index in [1.54, 1.807) is 20.8 Å². The summed E-state index contributed by atoms with van der Waals surface area (Å²) in [5.41, 5.74) is -1.96. The third-order valence-corrected chi connectivity index (χ3v) is 12.3. The van der Waals surface area contributed by atoms with Gasteiger partial charge in [-0.1, -0.05) is 59.6 Å². The highest BCUT2D eigenvalue weighted by Gasteiger charge is 2.51. The van der Waals surface area contributed by atoms with Crippen molar-refractivity contribution < 1.29 is 104 Å². The molecule has 8 aliphatic rings. The molecule has 8 saturated heterocycles. The molecule has 424 valence electrons. The van der Waals surface area contributed by atoms with Crippen molar-refractivity contribution in [3.63, 3.8) is 0 Å². The summed E-state index contributed by atoms with van der Waals surface area (Å²) in [6.07, 6.45) is 8.29. The molecule has 26 heteroatoms. The Balaban J connectivity index is 0.000000258. The summed E-state index contributed by atoms with van der Waals surface area (Å²) < 4.78 is 74.5. The largest absolute Gasteiger partial charge is 0.666 e. The summed E-state index contributed by atoms with van der Waals surface area (Å²) in [4.78, 5) is 90.8. The monoisotopic (exact) mass is 1060 g/mol. The first kappa shape index (κ1) is 64.1. The molecule has 0 bridgehead atoms. The second-order valence-corrected chi connectivity index (χ2v) is 23.8. The van der Waals surface area contributed by atoms with Crippen LogP contribution in [0.2, 0.25) is 37.9 Å². The standard InChI is InChI=1S/C12H20BO5.C12H22BO4.C11H16BO7.C11H18BO6.2CH4/c1-12(2,3)16-11(15)8-9-4-6-13(17-9)7-5-10(14)18-13;1-12(2,3)16-11(14)9-10-5-7-13(17-10)6-4-8-15-13;1-11(2,3)16-8(13)6-7-4-5-12(17-7)18-9(14)10(15)19-12;1-11(2,3)16-9(13)6-8-4-5-12(17-8)15-7-10(14)18-12;;/h9H,4-8H2,1-3H3;10H,4-9H2,1-3H3;7H,4-6H2,1-3H3;8H,4-7H2,1-3H3;2*1H4/q4*-1;;/t9-,13?;10-,13?;7-;8-,12?;;/m0000../s1. The van der Waals surface area contributed by atoms with Crippen molar-refractivity contribution in [2.75, 3.05) is 13.2 Å². The Morgan fingerprint density at radius 3 is 1.19 bits per heavy atom. The van der Waals surface area contributed by atoms with Crippen LogP contribution in [0.5, 0.6) is 0 Å². The van der Waals surface area contributed by atoms with E-state index in [9.17, 15) is 38.4 Å². The summed E-state index contributed by atoms with van der Waals surface area (Å²) in [7, 11) is 0. The molecule has 0 saturated carbocycles. The molecule has 0 amide bonds. The lowest BCUT2D eigenvalue weighted by molar-refractivity contribution is -0.158. The third kappa shape index (κ3) is 20.7. The van der Waals surface area contributed by atoms with Gasteiger partial charge in [0.1, 0.15) is 29.0 Å². The Hall–Kier alpha value is -4.22. The third-order valence-electron chi connectivity index (χ3n) is 12.3. The van der Waals surface area contributed by atoms with Gasteiger partial charge in [-0.2, -0.15) is 0 Å². The topological polar surface area (TPSA) is 266 Å².